The van der Waals surface area contributed by atoms with E-state index in [0.717, 1.165) is 18.9 Å². The Kier molecular flexibility index (Phi) is 6.05. The van der Waals surface area contributed by atoms with Crippen LogP contribution < -0.4 is 10.6 Å². The highest BCUT2D eigenvalue weighted by molar-refractivity contribution is 6.48. The predicted octanol–water partition coefficient (Wildman–Crippen LogP) is 3.34. The van der Waals surface area contributed by atoms with Crippen LogP contribution in [-0.2, 0) is 17.8 Å². The Balaban J connectivity index is 1.63. The first-order valence-electron chi connectivity index (χ1n) is 9.96. The molecule has 0 radical (unpaired) electrons. The van der Waals surface area contributed by atoms with Crippen LogP contribution in [0.3, 0.4) is 0 Å². The number of aromatic nitrogens is 1. The zero-order valence-corrected chi connectivity index (χ0v) is 17.9. The Labute approximate surface area is 187 Å². The highest BCUT2D eigenvalue weighted by Gasteiger charge is 2.36. The summed E-state index contributed by atoms with van der Waals surface area (Å²) in [5.41, 5.74) is 0.961. The van der Waals surface area contributed by atoms with Crippen molar-refractivity contribution in [1.29, 1.82) is 0 Å². The molecule has 1 aromatic heterocycles. The molecule has 4 rings (SSSR count). The third kappa shape index (κ3) is 4.20. The molecule has 2 amide bonds. The monoisotopic (exact) mass is 467 g/mol. The average Bonchev–Trinajstić information content (AvgIpc) is 3.00. The number of nitrogens with one attached hydrogen (secondary N) is 2. The number of hydrogen-bond donors (Lipinski definition) is 3. The van der Waals surface area contributed by atoms with E-state index in [0.29, 0.717) is 31.5 Å². The van der Waals surface area contributed by atoms with Gasteiger partial charge in [-0.15, -0.1) is 0 Å². The van der Waals surface area contributed by atoms with Crippen molar-refractivity contribution in [2.24, 2.45) is 0 Å². The molecule has 1 aliphatic carbocycles. The van der Waals surface area contributed by atoms with Crippen LogP contribution in [-0.4, -0.2) is 39.4 Å². The molecule has 0 saturated heterocycles. The van der Waals surface area contributed by atoms with Gasteiger partial charge in [0.25, 0.3) is 17.6 Å². The standard InChI is InChI=1S/C21H20Cl2FN3O4/c22-13-9-10(4-5-14(13)24)25-20(30)16-15-3-1-2-6-27(15)18(17(16)23)19(29)21(31)26-11-7-12(28)8-11/h4-5,9,11-12,28H,1-3,6-8H2,(H,25,30)(H,26,31)/t11-,12-. The second kappa shape index (κ2) is 8.61. The molecule has 0 atom stereocenters. The number of benzene rings is 1. The average molecular weight is 468 g/mol. The number of anilines is 1. The summed E-state index contributed by atoms with van der Waals surface area (Å²) in [6.45, 7) is 0.460. The van der Waals surface area contributed by atoms with E-state index < -0.39 is 29.5 Å². The number of carbonyl (C=O) groups excluding carboxylic acids is 3. The Morgan fingerprint density at radius 2 is 1.90 bits per heavy atom. The molecule has 1 saturated carbocycles. The van der Waals surface area contributed by atoms with Crippen molar-refractivity contribution in [3.05, 3.63) is 51.0 Å². The normalized spacial score (nSPS) is 19.9. The van der Waals surface area contributed by atoms with E-state index in [1.54, 1.807) is 4.57 Å². The van der Waals surface area contributed by atoms with Crippen molar-refractivity contribution in [2.75, 3.05) is 5.32 Å². The summed E-state index contributed by atoms with van der Waals surface area (Å²) in [4.78, 5) is 38.4. The van der Waals surface area contributed by atoms with E-state index in [2.05, 4.69) is 10.6 Å². The lowest BCUT2D eigenvalue weighted by Crippen LogP contribution is -2.49. The number of ketones is 1. The summed E-state index contributed by atoms with van der Waals surface area (Å²) in [6.07, 6.45) is 2.43. The molecule has 7 nitrogen and oxygen atoms in total. The minimum Gasteiger partial charge on any atom is -0.393 e. The number of rotatable bonds is 5. The number of carbonyl (C=O) groups is 3. The van der Waals surface area contributed by atoms with E-state index in [-0.39, 0.29) is 33.0 Å². The fourth-order valence-corrected chi connectivity index (χ4v) is 4.55. The third-order valence-electron chi connectivity index (χ3n) is 5.63. The van der Waals surface area contributed by atoms with Crippen LogP contribution in [0.5, 0.6) is 0 Å². The van der Waals surface area contributed by atoms with Gasteiger partial charge in [0.15, 0.2) is 0 Å². The zero-order chi connectivity index (χ0) is 22.3. The van der Waals surface area contributed by atoms with Crippen molar-refractivity contribution >= 4 is 46.5 Å². The first-order valence-corrected chi connectivity index (χ1v) is 10.7. The summed E-state index contributed by atoms with van der Waals surface area (Å²) < 4.78 is 15.0. The lowest BCUT2D eigenvalue weighted by Gasteiger charge is -2.31. The van der Waals surface area contributed by atoms with Crippen molar-refractivity contribution in [2.45, 2.75) is 50.8 Å². The van der Waals surface area contributed by atoms with Crippen LogP contribution in [0.2, 0.25) is 10.0 Å². The van der Waals surface area contributed by atoms with Crippen LogP contribution in [0, 0.1) is 5.82 Å². The van der Waals surface area contributed by atoms with E-state index in [1.807, 2.05) is 0 Å². The van der Waals surface area contributed by atoms with Gasteiger partial charge >= 0.3 is 0 Å². The number of fused-ring (bicyclic) bond motifs is 1. The Morgan fingerprint density at radius 3 is 2.58 bits per heavy atom. The smallest absolute Gasteiger partial charge is 0.294 e. The third-order valence-corrected chi connectivity index (χ3v) is 6.29. The van der Waals surface area contributed by atoms with Crippen LogP contribution in [0.25, 0.3) is 0 Å². The maximum Gasteiger partial charge on any atom is 0.294 e. The largest absolute Gasteiger partial charge is 0.393 e. The molecule has 1 aliphatic heterocycles. The Hall–Kier alpha value is -2.42. The van der Waals surface area contributed by atoms with Gasteiger partial charge in [-0.1, -0.05) is 23.2 Å². The molecule has 10 heteroatoms. The first-order chi connectivity index (χ1) is 14.8. The molecule has 1 fully saturated rings. The van der Waals surface area contributed by atoms with Crippen LogP contribution in [0.1, 0.15) is 52.2 Å². The molecule has 1 aromatic carbocycles. The van der Waals surface area contributed by atoms with Gasteiger partial charge in [-0.3, -0.25) is 14.4 Å². The SMILES string of the molecule is O=C(N[C@H]1C[C@H](O)C1)C(=O)c1c(Cl)c(C(=O)Nc2ccc(F)c(Cl)c2)c2n1CCCC2. The zero-order valence-electron chi connectivity index (χ0n) is 16.4. The maximum atomic E-state index is 13.4. The molecular formula is C21H20Cl2FN3O4. The fourth-order valence-electron chi connectivity index (χ4n) is 3.99. The number of nitrogens with zero attached hydrogens (tertiary/aromatic N) is 1. The molecule has 2 heterocycles. The quantitative estimate of drug-likeness (QED) is 0.463. The molecular weight excluding hydrogens is 448 g/mol. The fraction of sp³-hybridized carbons (Fsp3) is 0.381. The number of Topliss-reactive ketones (excluding diaryl/α,β-unsaturated/α-hetero) is 1. The lowest BCUT2D eigenvalue weighted by molar-refractivity contribution is -0.119. The highest BCUT2D eigenvalue weighted by Crippen LogP contribution is 2.34. The molecule has 2 aliphatic rings. The van der Waals surface area contributed by atoms with Crippen LogP contribution in [0.15, 0.2) is 18.2 Å². The van der Waals surface area contributed by atoms with Crippen LogP contribution >= 0.6 is 23.2 Å². The van der Waals surface area contributed by atoms with E-state index in [9.17, 15) is 23.9 Å². The number of aliphatic hydroxyl groups excluding tert-OH is 1. The number of hydrogen-bond acceptors (Lipinski definition) is 4. The van der Waals surface area contributed by atoms with Gasteiger partial charge in [0.2, 0.25) is 0 Å². The van der Waals surface area contributed by atoms with Crippen molar-refractivity contribution in [1.82, 2.24) is 9.88 Å². The summed E-state index contributed by atoms with van der Waals surface area (Å²) in [5, 5.41) is 14.4. The van der Waals surface area contributed by atoms with Gasteiger partial charge < -0.3 is 20.3 Å². The topological polar surface area (TPSA) is 100 Å². The minimum absolute atomic E-state index is 0.0176. The van der Waals surface area contributed by atoms with Gasteiger partial charge in [0, 0.05) is 24.0 Å². The van der Waals surface area contributed by atoms with Gasteiger partial charge in [-0.2, -0.15) is 0 Å². The van der Waals surface area contributed by atoms with Crippen LogP contribution in [0.4, 0.5) is 10.1 Å². The molecule has 31 heavy (non-hydrogen) atoms. The first kappa shape index (κ1) is 21.8. The molecule has 0 bridgehead atoms. The van der Waals surface area contributed by atoms with Crippen molar-refractivity contribution in [3.63, 3.8) is 0 Å². The number of aliphatic hydroxyl groups is 1. The van der Waals surface area contributed by atoms with Crippen molar-refractivity contribution < 1.29 is 23.9 Å². The number of amides is 2. The number of halogens is 3. The molecule has 3 N–H and O–H groups in total. The van der Waals surface area contributed by atoms with E-state index in [4.69, 9.17) is 23.2 Å². The van der Waals surface area contributed by atoms with Gasteiger partial charge in [-0.25, -0.2) is 4.39 Å². The Morgan fingerprint density at radius 1 is 1.16 bits per heavy atom. The van der Waals surface area contributed by atoms with E-state index in [1.165, 1.54) is 12.1 Å². The lowest BCUT2D eigenvalue weighted by atomic mass is 9.89. The summed E-state index contributed by atoms with van der Waals surface area (Å²) in [7, 11) is 0. The van der Waals surface area contributed by atoms with E-state index >= 15 is 0 Å². The summed E-state index contributed by atoms with van der Waals surface area (Å²) >= 11 is 12.3. The maximum absolute atomic E-state index is 13.4. The second-order valence-corrected chi connectivity index (χ2v) is 8.59. The van der Waals surface area contributed by atoms with Crippen molar-refractivity contribution in [3.8, 4) is 0 Å². The Bertz CT molecular complexity index is 1080. The van der Waals surface area contributed by atoms with Gasteiger partial charge in [-0.05, 0) is 50.3 Å². The molecule has 0 unspecified atom stereocenters. The molecule has 0 spiro atoms. The van der Waals surface area contributed by atoms with Gasteiger partial charge in [0.1, 0.15) is 11.5 Å². The predicted molar refractivity (Wildman–Crippen MR) is 113 cm³/mol. The van der Waals surface area contributed by atoms with Gasteiger partial charge in [0.05, 0.1) is 21.7 Å². The summed E-state index contributed by atoms with van der Waals surface area (Å²) in [6, 6.07) is 3.51. The highest BCUT2D eigenvalue weighted by atomic mass is 35.5. The second-order valence-electron chi connectivity index (χ2n) is 7.80. The molecule has 164 valence electrons. The minimum atomic E-state index is -0.821. The molecule has 2 aromatic rings. The summed E-state index contributed by atoms with van der Waals surface area (Å²) in [5.74, 6) is -2.82.